The minimum Gasteiger partial charge on any atom is -0.381 e. The van der Waals surface area contributed by atoms with Crippen LogP contribution in [-0.4, -0.2) is 33.2 Å². The molecule has 0 radical (unpaired) electrons. The summed E-state index contributed by atoms with van der Waals surface area (Å²) in [6, 6.07) is 0. The smallest absolute Gasteiger partial charge is 0.169 e. The number of hydrogen-bond acceptors (Lipinski definition) is 3. The van der Waals surface area contributed by atoms with Crippen molar-refractivity contribution in [3.63, 3.8) is 0 Å². The summed E-state index contributed by atoms with van der Waals surface area (Å²) >= 11 is 0. The van der Waals surface area contributed by atoms with Gasteiger partial charge >= 0.3 is 0 Å². The van der Waals surface area contributed by atoms with Gasteiger partial charge < -0.3 is 14.2 Å². The van der Waals surface area contributed by atoms with Gasteiger partial charge in [0.15, 0.2) is 5.79 Å². The second-order valence-corrected chi connectivity index (χ2v) is 5.55. The summed E-state index contributed by atoms with van der Waals surface area (Å²) in [6.45, 7) is 5.91. The largest absolute Gasteiger partial charge is 0.381 e. The Bertz CT molecular complexity index is 191. The first-order valence-corrected chi connectivity index (χ1v) is 8.42. The minimum absolute atomic E-state index is 0.447. The predicted molar refractivity (Wildman–Crippen MR) is 85.1 cm³/mol. The molecule has 3 nitrogen and oxygen atoms in total. The third kappa shape index (κ3) is 9.73. The Balaban J connectivity index is 3.76. The third-order valence-electron chi connectivity index (χ3n) is 3.88. The number of ether oxygens (including phenoxy) is 3. The molecule has 0 aliphatic heterocycles. The molecule has 0 aromatic heterocycles. The zero-order valence-electron chi connectivity index (χ0n) is 14.2. The second-order valence-electron chi connectivity index (χ2n) is 5.55. The molecule has 0 aliphatic carbocycles. The van der Waals surface area contributed by atoms with Crippen molar-refractivity contribution in [2.24, 2.45) is 0 Å². The van der Waals surface area contributed by atoms with Crippen LogP contribution in [0.2, 0.25) is 0 Å². The molecular formula is C17H36O3. The molecule has 0 aromatic carbocycles. The summed E-state index contributed by atoms with van der Waals surface area (Å²) in [5, 5.41) is 0. The normalized spacial score (nSPS) is 12.0. The van der Waals surface area contributed by atoms with E-state index in [1.54, 1.807) is 14.2 Å². The first kappa shape index (κ1) is 19.9. The number of hydrogen-bond donors (Lipinski definition) is 0. The quantitative estimate of drug-likeness (QED) is 0.316. The second kappa shape index (κ2) is 13.8. The molecule has 0 aliphatic rings. The van der Waals surface area contributed by atoms with E-state index in [1.165, 1.54) is 44.9 Å². The van der Waals surface area contributed by atoms with E-state index in [0.717, 1.165) is 25.9 Å². The Hall–Kier alpha value is -0.120. The van der Waals surface area contributed by atoms with Crippen LogP contribution in [-0.2, 0) is 14.2 Å². The van der Waals surface area contributed by atoms with Crippen LogP contribution in [0.15, 0.2) is 0 Å². The molecule has 0 saturated carbocycles. The van der Waals surface area contributed by atoms with Crippen LogP contribution >= 0.6 is 0 Å². The summed E-state index contributed by atoms with van der Waals surface area (Å²) in [6.07, 6.45) is 12.0. The summed E-state index contributed by atoms with van der Waals surface area (Å²) in [5.74, 6) is -0.447. The fourth-order valence-corrected chi connectivity index (χ4v) is 2.44. The molecule has 0 bridgehead atoms. The Morgan fingerprint density at radius 3 is 1.80 bits per heavy atom. The van der Waals surface area contributed by atoms with Gasteiger partial charge in [-0.1, -0.05) is 52.4 Å². The van der Waals surface area contributed by atoms with Gasteiger partial charge in [0, 0.05) is 33.7 Å². The molecule has 0 fully saturated rings. The van der Waals surface area contributed by atoms with Crippen LogP contribution in [0, 0.1) is 0 Å². The van der Waals surface area contributed by atoms with Crippen molar-refractivity contribution in [1.82, 2.24) is 0 Å². The van der Waals surface area contributed by atoms with Gasteiger partial charge in [-0.05, 0) is 12.8 Å². The fraction of sp³-hybridized carbons (Fsp3) is 1.00. The molecular weight excluding hydrogens is 252 g/mol. The molecule has 0 amide bonds. The maximum Gasteiger partial charge on any atom is 0.169 e. The standard InChI is InChI=1S/C17H36O3/c1-5-7-8-9-10-11-12-13-17(18-3,19-4)14-16-20-15-6-2/h5-16H2,1-4H3. The molecule has 0 unspecified atom stereocenters. The van der Waals surface area contributed by atoms with Crippen LogP contribution in [0.3, 0.4) is 0 Å². The van der Waals surface area contributed by atoms with Crippen LogP contribution in [0.4, 0.5) is 0 Å². The molecule has 0 atom stereocenters. The van der Waals surface area contributed by atoms with Crippen molar-refractivity contribution < 1.29 is 14.2 Å². The number of unbranched alkanes of at least 4 members (excludes halogenated alkanes) is 6. The Morgan fingerprint density at radius 2 is 1.25 bits per heavy atom. The van der Waals surface area contributed by atoms with Crippen molar-refractivity contribution in [2.75, 3.05) is 27.4 Å². The van der Waals surface area contributed by atoms with E-state index >= 15 is 0 Å². The highest BCUT2D eigenvalue weighted by molar-refractivity contribution is 4.69. The van der Waals surface area contributed by atoms with Crippen LogP contribution in [0.5, 0.6) is 0 Å². The van der Waals surface area contributed by atoms with E-state index < -0.39 is 5.79 Å². The molecule has 0 rings (SSSR count). The van der Waals surface area contributed by atoms with E-state index in [4.69, 9.17) is 14.2 Å². The Labute approximate surface area is 126 Å². The zero-order chi connectivity index (χ0) is 15.1. The van der Waals surface area contributed by atoms with Gasteiger partial charge in [0.1, 0.15) is 0 Å². The van der Waals surface area contributed by atoms with E-state index in [9.17, 15) is 0 Å². The first-order chi connectivity index (χ1) is 9.74. The van der Waals surface area contributed by atoms with Gasteiger partial charge in [0.05, 0.1) is 6.61 Å². The highest BCUT2D eigenvalue weighted by atomic mass is 16.7. The van der Waals surface area contributed by atoms with Crippen LogP contribution in [0.25, 0.3) is 0 Å². The minimum atomic E-state index is -0.447. The van der Waals surface area contributed by atoms with E-state index in [-0.39, 0.29) is 0 Å². The molecule has 0 aromatic rings. The van der Waals surface area contributed by atoms with Gasteiger partial charge in [0.2, 0.25) is 0 Å². The SMILES string of the molecule is CCCCCCCCCC(CCOCCC)(OC)OC. The zero-order valence-corrected chi connectivity index (χ0v) is 14.2. The lowest BCUT2D eigenvalue weighted by Crippen LogP contribution is -2.35. The molecule has 0 N–H and O–H groups in total. The van der Waals surface area contributed by atoms with Gasteiger partial charge in [-0.15, -0.1) is 0 Å². The third-order valence-corrected chi connectivity index (χ3v) is 3.88. The summed E-state index contributed by atoms with van der Waals surface area (Å²) in [4.78, 5) is 0. The van der Waals surface area contributed by atoms with E-state index in [0.29, 0.717) is 6.61 Å². The lowest BCUT2D eigenvalue weighted by atomic mass is 10.0. The summed E-state index contributed by atoms with van der Waals surface area (Å²) in [5.41, 5.74) is 0. The lowest BCUT2D eigenvalue weighted by molar-refractivity contribution is -0.221. The number of rotatable bonds is 15. The molecule has 0 spiro atoms. The van der Waals surface area contributed by atoms with Gasteiger partial charge in [-0.3, -0.25) is 0 Å². The molecule has 0 saturated heterocycles. The fourth-order valence-electron chi connectivity index (χ4n) is 2.44. The van der Waals surface area contributed by atoms with Gasteiger partial charge in [0.25, 0.3) is 0 Å². The van der Waals surface area contributed by atoms with E-state index in [2.05, 4.69) is 13.8 Å². The lowest BCUT2D eigenvalue weighted by Gasteiger charge is -2.31. The predicted octanol–water partition coefficient (Wildman–Crippen LogP) is 4.93. The summed E-state index contributed by atoms with van der Waals surface area (Å²) < 4.78 is 16.8. The van der Waals surface area contributed by atoms with Crippen LogP contribution in [0.1, 0.15) is 78.1 Å². The molecule has 3 heteroatoms. The van der Waals surface area contributed by atoms with Crippen molar-refractivity contribution in [1.29, 1.82) is 0 Å². The highest BCUT2D eigenvalue weighted by Gasteiger charge is 2.28. The van der Waals surface area contributed by atoms with Crippen molar-refractivity contribution in [3.05, 3.63) is 0 Å². The molecule has 0 heterocycles. The highest BCUT2D eigenvalue weighted by Crippen LogP contribution is 2.24. The van der Waals surface area contributed by atoms with Crippen molar-refractivity contribution >= 4 is 0 Å². The Kier molecular flexibility index (Phi) is 13.8. The van der Waals surface area contributed by atoms with Crippen LogP contribution < -0.4 is 0 Å². The topological polar surface area (TPSA) is 27.7 Å². The van der Waals surface area contributed by atoms with E-state index in [1.807, 2.05) is 0 Å². The maximum absolute atomic E-state index is 5.61. The van der Waals surface area contributed by atoms with Gasteiger partial charge in [-0.25, -0.2) is 0 Å². The monoisotopic (exact) mass is 288 g/mol. The van der Waals surface area contributed by atoms with Crippen molar-refractivity contribution in [3.8, 4) is 0 Å². The number of methoxy groups -OCH3 is 2. The van der Waals surface area contributed by atoms with Crippen molar-refractivity contribution in [2.45, 2.75) is 83.8 Å². The average molecular weight is 288 g/mol. The Morgan fingerprint density at radius 1 is 0.650 bits per heavy atom. The first-order valence-electron chi connectivity index (χ1n) is 8.42. The van der Waals surface area contributed by atoms with Gasteiger partial charge in [-0.2, -0.15) is 0 Å². The molecule has 20 heavy (non-hydrogen) atoms. The average Bonchev–Trinajstić information content (AvgIpc) is 2.49. The molecule has 122 valence electrons. The summed E-state index contributed by atoms with van der Waals surface area (Å²) in [7, 11) is 3.48. The maximum atomic E-state index is 5.61.